The van der Waals surface area contributed by atoms with Crippen LogP contribution in [0.15, 0.2) is 30.3 Å². The van der Waals surface area contributed by atoms with Gasteiger partial charge in [-0.25, -0.2) is 0 Å². The molecule has 0 saturated carbocycles. The Morgan fingerprint density at radius 1 is 1.44 bits per heavy atom. The van der Waals surface area contributed by atoms with Crippen molar-refractivity contribution in [1.82, 2.24) is 5.32 Å². The molecule has 1 N–H and O–H groups in total. The first kappa shape index (κ1) is 12.7. The molecule has 0 aliphatic rings. The van der Waals surface area contributed by atoms with Crippen LogP contribution in [0.25, 0.3) is 0 Å². The van der Waals surface area contributed by atoms with E-state index in [2.05, 4.69) is 5.32 Å². The van der Waals surface area contributed by atoms with Crippen LogP contribution in [0.2, 0.25) is 0 Å². The minimum absolute atomic E-state index is 0.242. The zero-order chi connectivity index (χ0) is 12.0. The van der Waals surface area contributed by atoms with Crippen LogP contribution in [0.5, 0.6) is 0 Å². The zero-order valence-electron chi connectivity index (χ0n) is 9.02. The number of alkyl halides is 1. The van der Waals surface area contributed by atoms with Gasteiger partial charge in [0.1, 0.15) is 11.7 Å². The Balaban J connectivity index is 2.91. The Morgan fingerprint density at radius 3 is 2.56 bits per heavy atom. The van der Waals surface area contributed by atoms with Crippen LogP contribution in [0.4, 0.5) is 0 Å². The van der Waals surface area contributed by atoms with Crippen molar-refractivity contribution >= 4 is 23.8 Å². The van der Waals surface area contributed by atoms with Crippen molar-refractivity contribution in [3.05, 3.63) is 35.9 Å². The highest BCUT2D eigenvalue weighted by Gasteiger charge is 2.26. The second-order valence-electron chi connectivity index (χ2n) is 3.44. The number of hydrogen-bond donors (Lipinski definition) is 1. The third-order valence-electron chi connectivity index (χ3n) is 2.43. The number of nitrogens with one attached hydrogen (secondary N) is 1. The van der Waals surface area contributed by atoms with Crippen molar-refractivity contribution in [2.75, 3.05) is 7.05 Å². The van der Waals surface area contributed by atoms with E-state index in [1.165, 1.54) is 7.05 Å². The van der Waals surface area contributed by atoms with Gasteiger partial charge in [0.05, 0.1) is 0 Å². The average Bonchev–Trinajstić information content (AvgIpc) is 2.35. The third kappa shape index (κ3) is 3.07. The largest absolute Gasteiger partial charge is 0.358 e. The van der Waals surface area contributed by atoms with Crippen LogP contribution in [-0.2, 0) is 9.59 Å². The Hall–Kier alpha value is -1.35. The lowest BCUT2D eigenvalue weighted by molar-refractivity contribution is -0.120. The van der Waals surface area contributed by atoms with Crippen molar-refractivity contribution in [3.8, 4) is 0 Å². The zero-order valence-corrected chi connectivity index (χ0v) is 9.78. The van der Waals surface area contributed by atoms with E-state index in [1.54, 1.807) is 0 Å². The molecule has 3 nitrogen and oxygen atoms in total. The Morgan fingerprint density at radius 2 is 2.06 bits per heavy atom. The lowest BCUT2D eigenvalue weighted by Gasteiger charge is -2.19. The van der Waals surface area contributed by atoms with Gasteiger partial charge in [0, 0.05) is 19.4 Å². The summed E-state index contributed by atoms with van der Waals surface area (Å²) in [5.41, 5.74) is 0.901. The molecule has 0 bridgehead atoms. The molecule has 0 spiro atoms. The molecule has 1 amide bonds. The minimum atomic E-state index is -0.724. The molecule has 0 saturated heterocycles. The molecular weight excluding hydrogens is 226 g/mol. The quantitative estimate of drug-likeness (QED) is 0.628. The molecule has 16 heavy (non-hydrogen) atoms. The van der Waals surface area contributed by atoms with Gasteiger partial charge in [-0.2, -0.15) is 0 Å². The van der Waals surface area contributed by atoms with Crippen molar-refractivity contribution in [3.63, 3.8) is 0 Å². The van der Waals surface area contributed by atoms with Crippen molar-refractivity contribution in [2.45, 2.75) is 17.7 Å². The second-order valence-corrected chi connectivity index (χ2v) is 3.91. The molecule has 0 aromatic heterocycles. The summed E-state index contributed by atoms with van der Waals surface area (Å²) < 4.78 is 0. The summed E-state index contributed by atoms with van der Waals surface area (Å²) in [6, 6.07) is 9.34. The van der Waals surface area contributed by atoms with Crippen LogP contribution in [0.3, 0.4) is 0 Å². The Kier molecular flexibility index (Phi) is 4.99. The molecule has 1 rings (SSSR count). The Bertz CT molecular complexity index is 353. The number of aldehydes is 1. The fourth-order valence-corrected chi connectivity index (χ4v) is 1.91. The molecular formula is C12H14ClNO2. The maximum Gasteiger partial charge on any atom is 0.238 e. The Labute approximate surface area is 99.8 Å². The normalized spacial score (nSPS) is 13.9. The molecule has 2 atom stereocenters. The van der Waals surface area contributed by atoms with Gasteiger partial charge >= 0.3 is 0 Å². The molecule has 86 valence electrons. The van der Waals surface area contributed by atoms with E-state index in [-0.39, 0.29) is 18.2 Å². The molecule has 0 aliphatic carbocycles. The molecule has 4 heteroatoms. The number of carbonyl (C=O) groups is 2. The van der Waals surface area contributed by atoms with Gasteiger partial charge in [-0.05, 0) is 5.56 Å². The third-order valence-corrected chi connectivity index (χ3v) is 2.93. The number of hydrogen-bond acceptors (Lipinski definition) is 2. The highest BCUT2D eigenvalue weighted by atomic mass is 35.5. The van der Waals surface area contributed by atoms with E-state index in [0.29, 0.717) is 0 Å². The van der Waals surface area contributed by atoms with Crippen LogP contribution in [0.1, 0.15) is 17.9 Å². The lowest BCUT2D eigenvalue weighted by Crippen LogP contribution is -2.32. The first-order chi connectivity index (χ1) is 7.70. The van der Waals surface area contributed by atoms with Gasteiger partial charge < -0.3 is 10.1 Å². The van der Waals surface area contributed by atoms with Crippen molar-refractivity contribution in [2.24, 2.45) is 0 Å². The molecule has 1 aromatic carbocycles. The van der Waals surface area contributed by atoms with Gasteiger partial charge in [0.15, 0.2) is 0 Å². The van der Waals surface area contributed by atoms with E-state index < -0.39 is 5.38 Å². The van der Waals surface area contributed by atoms with E-state index in [1.807, 2.05) is 30.3 Å². The number of amides is 1. The molecule has 2 unspecified atom stereocenters. The van der Waals surface area contributed by atoms with E-state index in [4.69, 9.17) is 11.6 Å². The molecule has 0 aliphatic heterocycles. The van der Waals surface area contributed by atoms with Crippen LogP contribution >= 0.6 is 11.6 Å². The predicted molar refractivity (Wildman–Crippen MR) is 63.6 cm³/mol. The summed E-state index contributed by atoms with van der Waals surface area (Å²) in [7, 11) is 1.53. The number of rotatable bonds is 5. The minimum Gasteiger partial charge on any atom is -0.358 e. The fourth-order valence-electron chi connectivity index (χ4n) is 1.55. The highest BCUT2D eigenvalue weighted by Crippen LogP contribution is 2.26. The topological polar surface area (TPSA) is 46.2 Å². The first-order valence-corrected chi connectivity index (χ1v) is 5.48. The molecule has 0 radical (unpaired) electrons. The smallest absolute Gasteiger partial charge is 0.238 e. The van der Waals surface area contributed by atoms with Gasteiger partial charge in [-0.1, -0.05) is 30.3 Å². The van der Waals surface area contributed by atoms with Gasteiger partial charge in [-0.3, -0.25) is 4.79 Å². The van der Waals surface area contributed by atoms with Gasteiger partial charge in [0.2, 0.25) is 5.91 Å². The summed E-state index contributed by atoms with van der Waals surface area (Å²) in [4.78, 5) is 22.1. The molecule has 0 heterocycles. The molecule has 1 aromatic rings. The SMILES string of the molecule is CNC(=O)C(Cl)C(CC=O)c1ccccc1. The van der Waals surface area contributed by atoms with Crippen molar-refractivity contribution < 1.29 is 9.59 Å². The predicted octanol–water partition coefficient (Wildman–Crippen LogP) is 1.71. The summed E-state index contributed by atoms with van der Waals surface area (Å²) in [5.74, 6) is -0.544. The summed E-state index contributed by atoms with van der Waals surface area (Å²) >= 11 is 6.04. The van der Waals surface area contributed by atoms with E-state index in [0.717, 1.165) is 11.8 Å². The maximum atomic E-state index is 11.4. The average molecular weight is 240 g/mol. The maximum absolute atomic E-state index is 11.4. The van der Waals surface area contributed by atoms with E-state index in [9.17, 15) is 9.59 Å². The van der Waals surface area contributed by atoms with Crippen LogP contribution < -0.4 is 5.32 Å². The first-order valence-electron chi connectivity index (χ1n) is 5.05. The van der Waals surface area contributed by atoms with Gasteiger partial charge in [-0.15, -0.1) is 11.6 Å². The van der Waals surface area contributed by atoms with Gasteiger partial charge in [0.25, 0.3) is 0 Å². The summed E-state index contributed by atoms with van der Waals surface area (Å²) in [6.45, 7) is 0. The number of benzene rings is 1. The lowest BCUT2D eigenvalue weighted by atomic mass is 9.92. The van der Waals surface area contributed by atoms with Crippen LogP contribution in [0, 0.1) is 0 Å². The second kappa shape index (κ2) is 6.28. The van der Waals surface area contributed by atoms with Crippen molar-refractivity contribution in [1.29, 1.82) is 0 Å². The standard InChI is InChI=1S/C12H14ClNO2/c1-14-12(16)11(13)10(7-8-15)9-5-3-2-4-6-9/h2-6,8,10-11H,7H2,1H3,(H,14,16). The number of carbonyl (C=O) groups excluding carboxylic acids is 2. The monoisotopic (exact) mass is 239 g/mol. The van der Waals surface area contributed by atoms with Crippen LogP contribution in [-0.4, -0.2) is 24.6 Å². The fraction of sp³-hybridized carbons (Fsp3) is 0.333. The number of halogens is 1. The summed E-state index contributed by atoms with van der Waals surface area (Å²) in [6.07, 6.45) is 1.03. The molecule has 0 fully saturated rings. The summed E-state index contributed by atoms with van der Waals surface area (Å²) in [5, 5.41) is 1.76. The highest BCUT2D eigenvalue weighted by molar-refractivity contribution is 6.31. The van der Waals surface area contributed by atoms with E-state index >= 15 is 0 Å².